The molecule has 0 radical (unpaired) electrons. The number of carboxylic acid groups (broad SMARTS) is 3. The minimum absolute atomic E-state index is 0.0231. The zero-order valence-electron chi connectivity index (χ0n) is 15.2. The van der Waals surface area contributed by atoms with Gasteiger partial charge in [0.15, 0.2) is 12.4 Å². The fourth-order valence-electron chi connectivity index (χ4n) is 1.53. The molecule has 14 heteroatoms. The van der Waals surface area contributed by atoms with Gasteiger partial charge in [-0.15, -0.1) is 0 Å². The highest BCUT2D eigenvalue weighted by atomic mass is 16.6. The van der Waals surface area contributed by atoms with Crippen LogP contribution in [0.25, 0.3) is 0 Å². The first-order valence-corrected chi connectivity index (χ1v) is 8.09. The third-order valence-electron chi connectivity index (χ3n) is 3.20. The van der Waals surface area contributed by atoms with Crippen molar-refractivity contribution >= 4 is 30.2 Å². The molecule has 0 aliphatic heterocycles. The van der Waals surface area contributed by atoms with E-state index in [0.717, 1.165) is 0 Å². The van der Waals surface area contributed by atoms with Crippen LogP contribution in [0.5, 0.6) is 0 Å². The lowest BCUT2D eigenvalue weighted by atomic mass is 10.0. The second-order valence-corrected chi connectivity index (χ2v) is 5.59. The zero-order valence-corrected chi connectivity index (χ0v) is 15.2. The lowest BCUT2D eigenvalue weighted by Gasteiger charge is -2.25. The molecule has 0 aliphatic carbocycles. The minimum atomic E-state index is -1.94. The highest BCUT2D eigenvalue weighted by Gasteiger charge is 2.33. The Morgan fingerprint density at radius 2 is 1.41 bits per heavy atom. The van der Waals surface area contributed by atoms with Gasteiger partial charge < -0.3 is 46.2 Å². The summed E-state index contributed by atoms with van der Waals surface area (Å²) in [5.74, 6) is -4.49. The first-order chi connectivity index (χ1) is 13.4. The van der Waals surface area contributed by atoms with E-state index in [4.69, 9.17) is 31.3 Å². The maximum atomic E-state index is 11.1. The molecule has 9 N–H and O–H groups in total. The molecule has 0 amide bonds. The van der Waals surface area contributed by atoms with Crippen LogP contribution in [0.2, 0.25) is 0 Å². The number of aliphatic hydroxyl groups excluding tert-OH is 4. The zero-order chi connectivity index (χ0) is 23.1. The van der Waals surface area contributed by atoms with Crippen molar-refractivity contribution in [2.24, 2.45) is 5.73 Å². The Morgan fingerprint density at radius 3 is 1.79 bits per heavy atom. The van der Waals surface area contributed by atoms with Gasteiger partial charge in [0.05, 0.1) is 19.4 Å². The standard InChI is InChI=1S/C10H16O9.C5H9NO4/c11-3-5(13)9(17)10(18)6(4-12)19-8(16)2-1-7(14)15;6-3(5(9)10)1-2-4(7)8/h4-6,9-11,13,17-18H,1-3H2,(H,14,15);3H,1-2,6H2,(H,7,8)(H,9,10)/t5-,6+,9-,10-;3-/m10/s1. The van der Waals surface area contributed by atoms with E-state index in [1.165, 1.54) is 0 Å². The minimum Gasteiger partial charge on any atom is -0.481 e. The van der Waals surface area contributed by atoms with Gasteiger partial charge >= 0.3 is 23.9 Å². The first kappa shape index (κ1) is 28.6. The fourth-order valence-corrected chi connectivity index (χ4v) is 1.53. The van der Waals surface area contributed by atoms with Crippen molar-refractivity contribution in [3.8, 4) is 0 Å². The van der Waals surface area contributed by atoms with Crippen LogP contribution in [-0.2, 0) is 28.7 Å². The summed E-state index contributed by atoms with van der Waals surface area (Å²) in [5.41, 5.74) is 5.00. The summed E-state index contributed by atoms with van der Waals surface area (Å²) in [6.45, 7) is -0.864. The van der Waals surface area contributed by atoms with Gasteiger partial charge in [-0.05, 0) is 6.42 Å². The number of esters is 1. The van der Waals surface area contributed by atoms with Gasteiger partial charge in [-0.1, -0.05) is 0 Å². The lowest BCUT2D eigenvalue weighted by molar-refractivity contribution is -0.168. The molecule has 0 heterocycles. The Hall–Kier alpha value is -2.65. The average Bonchev–Trinajstić information content (AvgIpc) is 2.66. The number of nitrogens with two attached hydrogens (primary N) is 1. The van der Waals surface area contributed by atoms with Gasteiger partial charge in [-0.2, -0.15) is 0 Å². The number of ether oxygens (including phenoxy) is 1. The number of rotatable bonds is 13. The van der Waals surface area contributed by atoms with E-state index in [9.17, 15) is 34.2 Å². The number of aliphatic carboxylic acids is 3. The molecule has 0 aromatic rings. The van der Waals surface area contributed by atoms with Gasteiger partial charge in [-0.25, -0.2) is 0 Å². The van der Waals surface area contributed by atoms with Crippen molar-refractivity contribution in [1.29, 1.82) is 0 Å². The fraction of sp³-hybridized carbons (Fsp3) is 0.667. The average molecular weight is 427 g/mol. The number of aliphatic hydroxyl groups is 4. The molecule has 0 spiro atoms. The number of carbonyl (C=O) groups excluding carboxylic acids is 2. The normalized spacial score (nSPS) is 15.5. The summed E-state index contributed by atoms with van der Waals surface area (Å²) in [5, 5.41) is 61.0. The molecule has 0 saturated heterocycles. The van der Waals surface area contributed by atoms with Crippen molar-refractivity contribution < 1.29 is 64.5 Å². The summed E-state index contributed by atoms with van der Waals surface area (Å²) >= 11 is 0. The maximum Gasteiger partial charge on any atom is 0.320 e. The van der Waals surface area contributed by atoms with Crippen LogP contribution < -0.4 is 5.73 Å². The van der Waals surface area contributed by atoms with E-state index in [0.29, 0.717) is 0 Å². The highest BCUT2D eigenvalue weighted by Crippen LogP contribution is 2.08. The Morgan fingerprint density at radius 1 is 0.897 bits per heavy atom. The van der Waals surface area contributed by atoms with Crippen LogP contribution in [0.15, 0.2) is 0 Å². The van der Waals surface area contributed by atoms with Gasteiger partial charge in [0.1, 0.15) is 24.4 Å². The van der Waals surface area contributed by atoms with Gasteiger partial charge in [-0.3, -0.25) is 24.0 Å². The van der Waals surface area contributed by atoms with Crippen molar-refractivity contribution in [2.75, 3.05) is 6.61 Å². The second kappa shape index (κ2) is 15.3. The van der Waals surface area contributed by atoms with Crippen LogP contribution in [0.3, 0.4) is 0 Å². The van der Waals surface area contributed by atoms with Gasteiger partial charge in [0.2, 0.25) is 0 Å². The maximum absolute atomic E-state index is 11.1. The predicted molar refractivity (Wildman–Crippen MR) is 90.4 cm³/mol. The Kier molecular flexibility index (Phi) is 15.1. The summed E-state index contributed by atoms with van der Waals surface area (Å²) < 4.78 is 4.45. The van der Waals surface area contributed by atoms with E-state index in [1.54, 1.807) is 0 Å². The molecule has 0 unspecified atom stereocenters. The van der Waals surface area contributed by atoms with E-state index >= 15 is 0 Å². The van der Waals surface area contributed by atoms with Crippen molar-refractivity contribution in [3.05, 3.63) is 0 Å². The summed E-state index contributed by atoms with van der Waals surface area (Å²) in [6.07, 6.45) is -8.53. The van der Waals surface area contributed by atoms with Crippen LogP contribution in [0, 0.1) is 0 Å². The van der Waals surface area contributed by atoms with E-state index in [2.05, 4.69) is 4.74 Å². The van der Waals surface area contributed by atoms with E-state index in [-0.39, 0.29) is 19.1 Å². The molecule has 0 aromatic carbocycles. The van der Waals surface area contributed by atoms with Crippen molar-refractivity contribution in [2.45, 2.75) is 56.1 Å². The summed E-state index contributed by atoms with van der Waals surface area (Å²) in [6, 6.07) is -1.06. The summed E-state index contributed by atoms with van der Waals surface area (Å²) in [4.78, 5) is 51.8. The van der Waals surface area contributed by atoms with Crippen LogP contribution >= 0.6 is 0 Å². The third-order valence-corrected chi connectivity index (χ3v) is 3.20. The summed E-state index contributed by atoms with van der Waals surface area (Å²) in [7, 11) is 0. The van der Waals surface area contributed by atoms with E-state index in [1.807, 2.05) is 0 Å². The lowest BCUT2D eigenvalue weighted by Crippen LogP contribution is -2.48. The van der Waals surface area contributed by atoms with Gasteiger partial charge in [0, 0.05) is 6.42 Å². The smallest absolute Gasteiger partial charge is 0.320 e. The molecule has 0 rings (SSSR count). The Labute approximate surface area is 164 Å². The molecule has 0 aliphatic rings. The number of carboxylic acids is 3. The van der Waals surface area contributed by atoms with Crippen LogP contribution in [-0.4, -0.2) is 103 Å². The van der Waals surface area contributed by atoms with E-state index < -0.39 is 73.8 Å². The number of hydrogen-bond donors (Lipinski definition) is 8. The number of aldehydes is 1. The molecule has 0 fully saturated rings. The van der Waals surface area contributed by atoms with Crippen molar-refractivity contribution in [3.63, 3.8) is 0 Å². The number of hydrogen-bond acceptors (Lipinski definition) is 11. The Bertz CT molecular complexity index is 552. The quantitative estimate of drug-likeness (QED) is 0.104. The Balaban J connectivity index is 0. The molecule has 5 atom stereocenters. The van der Waals surface area contributed by atoms with Crippen LogP contribution in [0.1, 0.15) is 25.7 Å². The molecule has 0 saturated carbocycles. The van der Waals surface area contributed by atoms with Crippen molar-refractivity contribution in [1.82, 2.24) is 0 Å². The highest BCUT2D eigenvalue weighted by molar-refractivity contribution is 5.78. The molecule has 0 aromatic heterocycles. The van der Waals surface area contributed by atoms with Crippen LogP contribution in [0.4, 0.5) is 0 Å². The van der Waals surface area contributed by atoms with Gasteiger partial charge in [0.25, 0.3) is 0 Å². The topological polar surface area (TPSA) is 262 Å². The molecular formula is C15H25NO13. The molecular weight excluding hydrogens is 402 g/mol. The first-order valence-electron chi connectivity index (χ1n) is 8.09. The number of carbonyl (C=O) groups is 5. The molecule has 168 valence electrons. The third kappa shape index (κ3) is 14.1. The SMILES string of the molecule is N[C@@H](CCC(=O)O)C(=O)O.O=C[C@H](OC(=O)CCC(=O)O)[C@@H](O)[C@H](O)[C@H](O)CO. The second-order valence-electron chi connectivity index (χ2n) is 5.59. The molecule has 14 nitrogen and oxygen atoms in total. The largest absolute Gasteiger partial charge is 0.481 e. The molecule has 0 bridgehead atoms. The predicted octanol–water partition coefficient (Wildman–Crippen LogP) is -3.70. The monoisotopic (exact) mass is 427 g/mol. The molecule has 29 heavy (non-hydrogen) atoms.